The fraction of sp³-hybridized carbons (Fsp3) is 0.0278. The Bertz CT molecular complexity index is 4450. The van der Waals surface area contributed by atoms with Crippen LogP contribution in [0.2, 0.25) is 0 Å². The molecule has 3 aliphatic carbocycles. The lowest BCUT2D eigenvalue weighted by Gasteiger charge is -2.39. The summed E-state index contributed by atoms with van der Waals surface area (Å²) in [7, 11) is 0. The van der Waals surface area contributed by atoms with Gasteiger partial charge in [-0.05, 0) is 148 Å². The molecule has 1 aliphatic heterocycles. The Labute approximate surface area is 429 Å². The molecule has 2 nitrogen and oxygen atoms in total. The topological polar surface area (TPSA) is 8.17 Å². The Balaban J connectivity index is 0.920. The first-order valence-corrected chi connectivity index (χ1v) is 25.9. The number of benzene rings is 12. The predicted molar refractivity (Wildman–Crippen MR) is 306 cm³/mol. The first-order chi connectivity index (χ1) is 36.7. The second-order valence-corrected chi connectivity index (χ2v) is 20.6. The SMILES string of the molecule is c1ccc2c(c1)-c1ccccc1C21c2ccccc2-c2ccc(N(c3ccc(-c4cccc5ccccc45)cc3)c3ccc4c(c3)c3cccc5c3n4-c3ccccc3C53c4ccccc4-c4ccccc43)cc21. The largest absolute Gasteiger partial charge is 0.310 e. The average Bonchev–Trinajstić information content (AvgIpc) is 4.32. The van der Waals surface area contributed by atoms with Gasteiger partial charge in [-0.3, -0.25) is 0 Å². The molecule has 17 rings (SSSR count). The van der Waals surface area contributed by atoms with Crippen LogP contribution in [0.5, 0.6) is 0 Å². The molecule has 1 aromatic heterocycles. The molecule has 0 unspecified atom stereocenters. The summed E-state index contributed by atoms with van der Waals surface area (Å²) in [5.74, 6) is 0. The number of aromatic nitrogens is 1. The van der Waals surface area contributed by atoms with Crippen molar-refractivity contribution >= 4 is 49.6 Å². The maximum Gasteiger partial charge on any atom is 0.0754 e. The van der Waals surface area contributed by atoms with Gasteiger partial charge in [-0.2, -0.15) is 0 Å². The van der Waals surface area contributed by atoms with Crippen LogP contribution in [0.15, 0.2) is 267 Å². The van der Waals surface area contributed by atoms with Crippen LogP contribution in [0.1, 0.15) is 44.5 Å². The third-order valence-corrected chi connectivity index (χ3v) is 17.4. The first-order valence-electron chi connectivity index (χ1n) is 25.9. The molecule has 4 aliphatic rings. The molecule has 342 valence electrons. The number of rotatable bonds is 4. The van der Waals surface area contributed by atoms with Crippen LogP contribution in [0, 0.1) is 0 Å². The predicted octanol–water partition coefficient (Wildman–Crippen LogP) is 18.1. The van der Waals surface area contributed by atoms with E-state index in [2.05, 4.69) is 276 Å². The van der Waals surface area contributed by atoms with Crippen LogP contribution in [-0.4, -0.2) is 4.57 Å². The summed E-state index contributed by atoms with van der Waals surface area (Å²) in [6, 6.07) is 101. The van der Waals surface area contributed by atoms with Gasteiger partial charge in [0.25, 0.3) is 0 Å². The first kappa shape index (κ1) is 40.1. The Hall–Kier alpha value is -9.50. The Kier molecular flexibility index (Phi) is 7.90. The van der Waals surface area contributed by atoms with Crippen LogP contribution in [-0.2, 0) is 10.8 Å². The maximum absolute atomic E-state index is 2.56. The number of anilines is 3. The quantitative estimate of drug-likeness (QED) is 0.171. The molecule has 0 saturated carbocycles. The number of para-hydroxylation sites is 2. The zero-order valence-corrected chi connectivity index (χ0v) is 40.3. The van der Waals surface area contributed by atoms with Gasteiger partial charge in [-0.1, -0.05) is 218 Å². The van der Waals surface area contributed by atoms with E-state index >= 15 is 0 Å². The van der Waals surface area contributed by atoms with E-state index in [1.165, 1.54) is 127 Å². The molecular weight excluding hydrogens is 893 g/mol. The number of nitrogens with zero attached hydrogens (tertiary/aromatic N) is 2. The standard InChI is InChI=1S/C72H44N2/c1-2-19-50-45(17-1)18-15-25-51(50)46-35-37-47(38-36-46)73(49-39-41-57-56-24-7-10-29-62(56)71(67(57)44-49)60-27-8-3-20-52(60)53-21-4-9-28-61(53)71)48-40-42-68-59(43-48)58-26-16-33-66-70(58)74(68)69-34-14-13-32-65(69)72(66)63-30-11-5-22-54(63)55-23-6-12-31-64(55)72/h1-44H. The van der Waals surface area contributed by atoms with Crippen molar-refractivity contribution in [2.45, 2.75) is 10.8 Å². The zero-order chi connectivity index (χ0) is 48.3. The Morgan fingerprint density at radius 2 is 0.703 bits per heavy atom. The Morgan fingerprint density at radius 1 is 0.270 bits per heavy atom. The van der Waals surface area contributed by atoms with Crippen LogP contribution < -0.4 is 4.90 Å². The third-order valence-electron chi connectivity index (χ3n) is 17.4. The number of fused-ring (bicyclic) bond motifs is 23. The Morgan fingerprint density at radius 3 is 1.34 bits per heavy atom. The van der Waals surface area contributed by atoms with Gasteiger partial charge in [0.1, 0.15) is 0 Å². The van der Waals surface area contributed by atoms with Gasteiger partial charge in [0.05, 0.1) is 27.6 Å². The van der Waals surface area contributed by atoms with E-state index < -0.39 is 10.8 Å². The highest BCUT2D eigenvalue weighted by atomic mass is 15.1. The molecule has 0 amide bonds. The van der Waals surface area contributed by atoms with Gasteiger partial charge < -0.3 is 9.47 Å². The zero-order valence-electron chi connectivity index (χ0n) is 40.3. The lowest BCUT2D eigenvalue weighted by Crippen LogP contribution is -2.33. The van der Waals surface area contributed by atoms with Crippen molar-refractivity contribution in [1.82, 2.24) is 4.57 Å². The second kappa shape index (κ2) is 14.6. The summed E-state index contributed by atoms with van der Waals surface area (Å²) in [6.07, 6.45) is 0. The summed E-state index contributed by atoms with van der Waals surface area (Å²) in [5.41, 5.74) is 27.0. The molecule has 0 N–H and O–H groups in total. The average molecular weight is 937 g/mol. The van der Waals surface area contributed by atoms with Crippen molar-refractivity contribution in [1.29, 1.82) is 0 Å². The monoisotopic (exact) mass is 936 g/mol. The fourth-order valence-electron chi connectivity index (χ4n) is 14.6. The minimum absolute atomic E-state index is 0.468. The summed E-state index contributed by atoms with van der Waals surface area (Å²) < 4.78 is 2.56. The summed E-state index contributed by atoms with van der Waals surface area (Å²) in [4.78, 5) is 2.50. The molecule has 2 heteroatoms. The van der Waals surface area contributed by atoms with Crippen LogP contribution in [0.25, 0.3) is 82.8 Å². The third kappa shape index (κ3) is 4.91. The van der Waals surface area contributed by atoms with Gasteiger partial charge in [-0.15, -0.1) is 0 Å². The molecule has 13 aromatic rings. The second-order valence-electron chi connectivity index (χ2n) is 20.6. The summed E-state index contributed by atoms with van der Waals surface area (Å²) >= 11 is 0. The van der Waals surface area contributed by atoms with Crippen LogP contribution in [0.4, 0.5) is 17.1 Å². The van der Waals surface area contributed by atoms with Crippen molar-refractivity contribution in [2.24, 2.45) is 0 Å². The highest BCUT2D eigenvalue weighted by molar-refractivity contribution is 6.14. The molecule has 0 radical (unpaired) electrons. The fourth-order valence-corrected chi connectivity index (χ4v) is 14.6. The van der Waals surface area contributed by atoms with Gasteiger partial charge in [0.15, 0.2) is 0 Å². The van der Waals surface area contributed by atoms with Gasteiger partial charge in [0.2, 0.25) is 0 Å². The molecule has 0 saturated heterocycles. The van der Waals surface area contributed by atoms with Crippen molar-refractivity contribution in [3.8, 4) is 50.2 Å². The van der Waals surface area contributed by atoms with E-state index in [-0.39, 0.29) is 0 Å². The molecule has 0 atom stereocenters. The van der Waals surface area contributed by atoms with Gasteiger partial charge >= 0.3 is 0 Å². The van der Waals surface area contributed by atoms with E-state index in [0.29, 0.717) is 0 Å². The molecule has 0 fully saturated rings. The minimum Gasteiger partial charge on any atom is -0.310 e. The van der Waals surface area contributed by atoms with Crippen LogP contribution in [0.3, 0.4) is 0 Å². The molecule has 74 heavy (non-hydrogen) atoms. The summed E-state index contributed by atoms with van der Waals surface area (Å²) in [5, 5.41) is 4.98. The van der Waals surface area contributed by atoms with Gasteiger partial charge in [0, 0.05) is 27.8 Å². The maximum atomic E-state index is 2.56. The van der Waals surface area contributed by atoms with Crippen molar-refractivity contribution in [3.05, 3.63) is 311 Å². The number of hydrogen-bond acceptors (Lipinski definition) is 1. The lowest BCUT2D eigenvalue weighted by molar-refractivity contribution is 0.748. The number of hydrogen-bond donors (Lipinski definition) is 0. The lowest BCUT2D eigenvalue weighted by atomic mass is 9.65. The molecule has 2 heterocycles. The van der Waals surface area contributed by atoms with Crippen molar-refractivity contribution in [2.75, 3.05) is 4.90 Å². The minimum atomic E-state index is -0.469. The van der Waals surface area contributed by atoms with E-state index in [1.54, 1.807) is 0 Å². The van der Waals surface area contributed by atoms with Crippen molar-refractivity contribution < 1.29 is 0 Å². The van der Waals surface area contributed by atoms with Crippen molar-refractivity contribution in [3.63, 3.8) is 0 Å². The van der Waals surface area contributed by atoms with E-state index in [4.69, 9.17) is 0 Å². The smallest absolute Gasteiger partial charge is 0.0754 e. The van der Waals surface area contributed by atoms with E-state index in [9.17, 15) is 0 Å². The highest BCUT2D eigenvalue weighted by Crippen LogP contribution is 2.64. The molecule has 12 aromatic carbocycles. The molecule has 0 bridgehead atoms. The van der Waals surface area contributed by atoms with E-state index in [0.717, 1.165) is 17.1 Å². The van der Waals surface area contributed by atoms with Gasteiger partial charge in [-0.25, -0.2) is 0 Å². The molecular formula is C72H44N2. The normalized spacial score (nSPS) is 14.2. The highest BCUT2D eigenvalue weighted by Gasteiger charge is 2.53. The summed E-state index contributed by atoms with van der Waals surface area (Å²) in [6.45, 7) is 0. The van der Waals surface area contributed by atoms with E-state index in [1.807, 2.05) is 0 Å². The molecule has 2 spiro atoms. The van der Waals surface area contributed by atoms with Crippen LogP contribution >= 0.6 is 0 Å².